The van der Waals surface area contributed by atoms with E-state index in [-0.39, 0.29) is 24.6 Å². The predicted octanol–water partition coefficient (Wildman–Crippen LogP) is 3.42. The van der Waals surface area contributed by atoms with E-state index < -0.39 is 15.9 Å². The summed E-state index contributed by atoms with van der Waals surface area (Å²) >= 11 is 3.27. The molecule has 0 aliphatic heterocycles. The van der Waals surface area contributed by atoms with E-state index in [0.717, 1.165) is 25.3 Å². The van der Waals surface area contributed by atoms with Gasteiger partial charge in [0, 0.05) is 16.9 Å². The summed E-state index contributed by atoms with van der Waals surface area (Å²) in [7, 11) is -2.35. The molecule has 0 spiro atoms. The Balaban J connectivity index is 1.50. The van der Waals surface area contributed by atoms with Crippen LogP contribution in [-0.4, -0.2) is 45.4 Å². The van der Waals surface area contributed by atoms with Crippen molar-refractivity contribution in [2.45, 2.75) is 4.90 Å². The number of benzene rings is 3. The summed E-state index contributed by atoms with van der Waals surface area (Å²) in [6.45, 7) is 0.282. The Morgan fingerprint density at radius 3 is 2.48 bits per heavy atom. The summed E-state index contributed by atoms with van der Waals surface area (Å²) in [5, 5.41) is 4.77. The number of hydrogen-bond acceptors (Lipinski definition) is 4. The summed E-state index contributed by atoms with van der Waals surface area (Å²) in [5.74, 6) is 0.349. The fraction of sp³-hybridized carbons (Fsp3) is 0.190. The average molecular weight is 477 g/mol. The van der Waals surface area contributed by atoms with Crippen LogP contribution in [0.4, 0.5) is 0 Å². The molecular formula is C21H21BrN2O4S. The van der Waals surface area contributed by atoms with E-state index in [0.29, 0.717) is 0 Å². The third kappa shape index (κ3) is 5.35. The molecule has 29 heavy (non-hydrogen) atoms. The fourth-order valence-electron chi connectivity index (χ4n) is 2.80. The molecule has 3 rings (SSSR count). The van der Waals surface area contributed by atoms with E-state index >= 15 is 0 Å². The highest BCUT2D eigenvalue weighted by Gasteiger charge is 2.22. The number of fused-ring (bicyclic) bond motifs is 1. The molecule has 0 radical (unpaired) electrons. The molecule has 0 saturated carbocycles. The van der Waals surface area contributed by atoms with Gasteiger partial charge < -0.3 is 10.1 Å². The number of likely N-dealkylation sites (N-methyl/N-ethyl adjacent to an activating group) is 1. The Labute approximate surface area is 178 Å². The summed E-state index contributed by atoms with van der Waals surface area (Å²) < 4.78 is 32.6. The van der Waals surface area contributed by atoms with Crippen molar-refractivity contribution >= 4 is 42.6 Å². The molecule has 3 aromatic rings. The number of rotatable bonds is 8. The van der Waals surface area contributed by atoms with Crippen LogP contribution in [0.1, 0.15) is 0 Å². The number of nitrogens with zero attached hydrogens (tertiary/aromatic N) is 1. The van der Waals surface area contributed by atoms with Crippen molar-refractivity contribution < 1.29 is 17.9 Å². The molecular weight excluding hydrogens is 456 g/mol. The minimum atomic E-state index is -3.73. The zero-order valence-corrected chi connectivity index (χ0v) is 18.2. The Kier molecular flexibility index (Phi) is 6.89. The van der Waals surface area contributed by atoms with Crippen molar-refractivity contribution in [3.05, 3.63) is 71.2 Å². The minimum Gasteiger partial charge on any atom is -0.491 e. The predicted molar refractivity (Wildman–Crippen MR) is 116 cm³/mol. The van der Waals surface area contributed by atoms with Gasteiger partial charge in [-0.25, -0.2) is 8.42 Å². The summed E-state index contributed by atoms with van der Waals surface area (Å²) in [6.07, 6.45) is 0. The molecule has 0 aliphatic rings. The minimum absolute atomic E-state index is 0.135. The van der Waals surface area contributed by atoms with Crippen molar-refractivity contribution in [3.63, 3.8) is 0 Å². The Bertz CT molecular complexity index is 1100. The number of amides is 1. The van der Waals surface area contributed by atoms with Crippen LogP contribution in [0.15, 0.2) is 76.1 Å². The molecule has 3 aromatic carbocycles. The molecule has 0 aromatic heterocycles. The van der Waals surface area contributed by atoms with Gasteiger partial charge in [-0.2, -0.15) is 4.31 Å². The smallest absolute Gasteiger partial charge is 0.243 e. The number of hydrogen-bond donors (Lipinski definition) is 1. The third-order valence-corrected chi connectivity index (χ3v) is 6.67. The van der Waals surface area contributed by atoms with Crippen LogP contribution in [0, 0.1) is 0 Å². The number of sulfonamides is 1. The summed E-state index contributed by atoms with van der Waals surface area (Å²) in [4.78, 5) is 12.3. The van der Waals surface area contributed by atoms with E-state index in [9.17, 15) is 13.2 Å². The Morgan fingerprint density at radius 1 is 1.03 bits per heavy atom. The molecule has 0 bridgehead atoms. The second-order valence-electron chi connectivity index (χ2n) is 6.39. The van der Waals surface area contributed by atoms with Gasteiger partial charge in [-0.1, -0.05) is 52.3 Å². The van der Waals surface area contributed by atoms with Crippen molar-refractivity contribution in [2.75, 3.05) is 26.7 Å². The zero-order chi connectivity index (χ0) is 20.9. The zero-order valence-electron chi connectivity index (χ0n) is 15.8. The first-order chi connectivity index (χ1) is 13.9. The number of nitrogens with one attached hydrogen (secondary N) is 1. The van der Waals surface area contributed by atoms with E-state index in [4.69, 9.17) is 4.74 Å². The van der Waals surface area contributed by atoms with E-state index in [1.54, 1.807) is 12.1 Å². The third-order valence-electron chi connectivity index (χ3n) is 4.32. The fourth-order valence-corrected chi connectivity index (χ4v) is 4.19. The van der Waals surface area contributed by atoms with Gasteiger partial charge in [0.1, 0.15) is 12.4 Å². The van der Waals surface area contributed by atoms with Gasteiger partial charge in [-0.15, -0.1) is 0 Å². The van der Waals surface area contributed by atoms with Gasteiger partial charge >= 0.3 is 0 Å². The molecule has 6 nitrogen and oxygen atoms in total. The molecule has 0 unspecified atom stereocenters. The Hall–Kier alpha value is -2.42. The highest BCUT2D eigenvalue weighted by molar-refractivity contribution is 9.10. The van der Waals surface area contributed by atoms with Gasteiger partial charge in [-0.05, 0) is 35.7 Å². The second kappa shape index (κ2) is 9.39. The molecule has 0 heterocycles. The number of carbonyl (C=O) groups excluding carboxylic acids is 1. The maximum Gasteiger partial charge on any atom is 0.243 e. The number of carbonyl (C=O) groups is 1. The summed E-state index contributed by atoms with van der Waals surface area (Å²) in [5.41, 5.74) is 0. The van der Waals surface area contributed by atoms with Crippen LogP contribution in [0.25, 0.3) is 10.8 Å². The van der Waals surface area contributed by atoms with Crippen molar-refractivity contribution in [2.24, 2.45) is 0 Å². The van der Waals surface area contributed by atoms with Gasteiger partial charge in [0.05, 0.1) is 18.0 Å². The quantitative estimate of drug-likeness (QED) is 0.505. The lowest BCUT2D eigenvalue weighted by Gasteiger charge is -2.17. The topological polar surface area (TPSA) is 75.7 Å². The summed E-state index contributed by atoms with van der Waals surface area (Å²) in [6, 6.07) is 20.0. The lowest BCUT2D eigenvalue weighted by Crippen LogP contribution is -2.39. The molecule has 152 valence electrons. The van der Waals surface area contributed by atoms with Crippen molar-refractivity contribution in [1.29, 1.82) is 0 Å². The highest BCUT2D eigenvalue weighted by atomic mass is 79.9. The Morgan fingerprint density at radius 2 is 1.72 bits per heavy atom. The first-order valence-corrected chi connectivity index (χ1v) is 11.2. The van der Waals surface area contributed by atoms with E-state index in [2.05, 4.69) is 21.2 Å². The largest absolute Gasteiger partial charge is 0.491 e. The SMILES string of the molecule is CN(CC(=O)NCCOc1cccc2ccccc12)S(=O)(=O)c1ccc(Br)cc1. The highest BCUT2D eigenvalue weighted by Crippen LogP contribution is 2.24. The molecule has 0 aliphatic carbocycles. The maximum atomic E-state index is 12.5. The van der Waals surface area contributed by atoms with Gasteiger partial charge in [0.15, 0.2) is 0 Å². The molecule has 1 N–H and O–H groups in total. The molecule has 0 atom stereocenters. The standard InChI is InChI=1S/C21H21BrN2O4S/c1-24(29(26,27)18-11-9-17(22)10-12-18)15-21(25)23-13-14-28-20-8-4-6-16-5-2-3-7-19(16)20/h2-12H,13-15H2,1H3,(H,23,25). The van der Waals surface area contributed by atoms with Crippen LogP contribution in [0.3, 0.4) is 0 Å². The first kappa shape index (κ1) is 21.3. The molecule has 0 saturated heterocycles. The second-order valence-corrected chi connectivity index (χ2v) is 9.35. The van der Waals surface area contributed by atoms with Crippen LogP contribution in [0.5, 0.6) is 5.75 Å². The van der Waals surface area contributed by atoms with E-state index in [1.165, 1.54) is 19.2 Å². The van der Waals surface area contributed by atoms with Crippen LogP contribution >= 0.6 is 15.9 Å². The molecule has 8 heteroatoms. The lowest BCUT2D eigenvalue weighted by molar-refractivity contribution is -0.121. The van der Waals surface area contributed by atoms with Gasteiger partial charge in [0.25, 0.3) is 0 Å². The molecule has 0 fully saturated rings. The molecule has 1 amide bonds. The van der Waals surface area contributed by atoms with Crippen molar-refractivity contribution in [1.82, 2.24) is 9.62 Å². The van der Waals surface area contributed by atoms with Crippen LogP contribution in [-0.2, 0) is 14.8 Å². The van der Waals surface area contributed by atoms with E-state index in [1.807, 2.05) is 42.5 Å². The number of halogens is 1. The first-order valence-electron chi connectivity index (χ1n) is 8.97. The van der Waals surface area contributed by atoms with Gasteiger partial charge in [-0.3, -0.25) is 4.79 Å². The number of ether oxygens (including phenoxy) is 1. The average Bonchev–Trinajstić information content (AvgIpc) is 2.71. The lowest BCUT2D eigenvalue weighted by atomic mass is 10.1. The van der Waals surface area contributed by atoms with Crippen LogP contribution < -0.4 is 10.1 Å². The monoisotopic (exact) mass is 476 g/mol. The van der Waals surface area contributed by atoms with Crippen molar-refractivity contribution in [3.8, 4) is 5.75 Å². The normalized spacial score (nSPS) is 11.6. The maximum absolute atomic E-state index is 12.5. The van der Waals surface area contributed by atoms with Gasteiger partial charge in [0.2, 0.25) is 15.9 Å². The van der Waals surface area contributed by atoms with Crippen LogP contribution in [0.2, 0.25) is 0 Å².